The van der Waals surface area contributed by atoms with Gasteiger partial charge in [-0.05, 0) is 29.8 Å². The molecule has 31 heavy (non-hydrogen) atoms. The molecule has 0 fully saturated rings. The molecule has 0 spiro atoms. The first-order chi connectivity index (χ1) is 15.1. The number of halogens is 2. The van der Waals surface area contributed by atoms with Crippen molar-refractivity contribution >= 4 is 17.4 Å². The van der Waals surface area contributed by atoms with Gasteiger partial charge >= 0.3 is 6.03 Å². The quantitative estimate of drug-likeness (QED) is 0.595. The fourth-order valence-electron chi connectivity index (χ4n) is 3.42. The molecule has 1 N–H and O–H groups in total. The molecule has 0 bridgehead atoms. The first kappa shape index (κ1) is 20.5. The monoisotopic (exact) mass is 421 g/mol. The third kappa shape index (κ3) is 5.25. The van der Waals surface area contributed by atoms with E-state index >= 15 is 0 Å². The molecular weight excluding hydrogens is 400 g/mol. The van der Waals surface area contributed by atoms with Crippen molar-refractivity contribution in [2.75, 3.05) is 11.9 Å². The van der Waals surface area contributed by atoms with Gasteiger partial charge in [-0.2, -0.15) is 0 Å². The van der Waals surface area contributed by atoms with E-state index in [-0.39, 0.29) is 12.4 Å². The standard InChI is InChI=1S/C24H21F2N3O2/c25-18-9-6-10-19(13-18)27-24(30)29(15-17-7-2-1-3-8-17)16-20-14-23(28-31-20)21-11-4-5-12-22(21)26/h1-13,20H,14-16H2,(H,27,30). The molecule has 2 amide bonds. The lowest BCUT2D eigenvalue weighted by atomic mass is 10.0. The molecule has 1 unspecified atom stereocenters. The summed E-state index contributed by atoms with van der Waals surface area (Å²) in [5.74, 6) is -0.801. The minimum atomic E-state index is -0.436. The Morgan fingerprint density at radius 2 is 1.81 bits per heavy atom. The van der Waals surface area contributed by atoms with Crippen molar-refractivity contribution in [3.63, 3.8) is 0 Å². The van der Waals surface area contributed by atoms with E-state index in [1.165, 1.54) is 24.3 Å². The summed E-state index contributed by atoms with van der Waals surface area (Å²) in [5.41, 5.74) is 2.20. The maximum absolute atomic E-state index is 14.1. The third-order valence-corrected chi connectivity index (χ3v) is 4.92. The first-order valence-electron chi connectivity index (χ1n) is 9.91. The lowest BCUT2D eigenvalue weighted by Gasteiger charge is -2.25. The molecule has 3 aromatic rings. The molecule has 0 aromatic heterocycles. The van der Waals surface area contributed by atoms with E-state index in [9.17, 15) is 13.6 Å². The Labute approximate surface area is 178 Å². The van der Waals surface area contributed by atoms with E-state index in [1.807, 2.05) is 30.3 Å². The van der Waals surface area contributed by atoms with E-state index in [4.69, 9.17) is 4.84 Å². The number of carbonyl (C=O) groups excluding carboxylic acids is 1. The zero-order valence-corrected chi connectivity index (χ0v) is 16.7. The number of nitrogens with one attached hydrogen (secondary N) is 1. The summed E-state index contributed by atoms with van der Waals surface area (Å²) in [7, 11) is 0. The predicted molar refractivity (Wildman–Crippen MR) is 115 cm³/mol. The maximum atomic E-state index is 14.1. The fourth-order valence-corrected chi connectivity index (χ4v) is 3.42. The lowest BCUT2D eigenvalue weighted by Crippen LogP contribution is -2.40. The average molecular weight is 421 g/mol. The highest BCUT2D eigenvalue weighted by Gasteiger charge is 2.28. The van der Waals surface area contributed by atoms with Crippen LogP contribution >= 0.6 is 0 Å². The number of anilines is 1. The Hall–Kier alpha value is -3.74. The Morgan fingerprint density at radius 1 is 1.03 bits per heavy atom. The highest BCUT2D eigenvalue weighted by Crippen LogP contribution is 2.21. The van der Waals surface area contributed by atoms with Gasteiger partial charge < -0.3 is 15.1 Å². The van der Waals surface area contributed by atoms with Crippen LogP contribution < -0.4 is 5.32 Å². The largest absolute Gasteiger partial charge is 0.390 e. The summed E-state index contributed by atoms with van der Waals surface area (Å²) in [6.07, 6.45) is -0.0454. The van der Waals surface area contributed by atoms with Crippen LogP contribution in [0.2, 0.25) is 0 Å². The number of hydrogen-bond donors (Lipinski definition) is 1. The van der Waals surface area contributed by atoms with Gasteiger partial charge in [-0.15, -0.1) is 0 Å². The van der Waals surface area contributed by atoms with Crippen LogP contribution in [0, 0.1) is 11.6 Å². The number of rotatable bonds is 6. The molecule has 1 aliphatic rings. The predicted octanol–water partition coefficient (Wildman–Crippen LogP) is 5.19. The Morgan fingerprint density at radius 3 is 2.58 bits per heavy atom. The number of urea groups is 1. The molecule has 0 saturated carbocycles. The van der Waals surface area contributed by atoms with Gasteiger partial charge in [0, 0.05) is 24.2 Å². The smallest absolute Gasteiger partial charge is 0.322 e. The van der Waals surface area contributed by atoms with Crippen molar-refractivity contribution in [3.05, 3.63) is 102 Å². The summed E-state index contributed by atoms with van der Waals surface area (Å²) < 4.78 is 27.6. The molecule has 1 aliphatic heterocycles. The Bertz CT molecular complexity index is 1090. The van der Waals surface area contributed by atoms with Crippen molar-refractivity contribution < 1.29 is 18.4 Å². The third-order valence-electron chi connectivity index (χ3n) is 4.92. The SMILES string of the molecule is O=C(Nc1cccc(F)c1)N(Cc1ccccc1)CC1CC(c2ccccc2F)=NO1. The summed E-state index contributed by atoms with van der Waals surface area (Å²) in [6.45, 7) is 0.564. The molecule has 158 valence electrons. The summed E-state index contributed by atoms with van der Waals surface area (Å²) in [5, 5.41) is 6.76. The molecule has 1 heterocycles. The highest BCUT2D eigenvalue weighted by atomic mass is 19.1. The summed E-state index contributed by atoms with van der Waals surface area (Å²) >= 11 is 0. The van der Waals surface area contributed by atoms with Crippen molar-refractivity contribution in [2.45, 2.75) is 19.1 Å². The van der Waals surface area contributed by atoms with Gasteiger partial charge in [-0.3, -0.25) is 0 Å². The topological polar surface area (TPSA) is 53.9 Å². The second-order valence-electron chi connectivity index (χ2n) is 7.26. The second kappa shape index (κ2) is 9.38. The minimum absolute atomic E-state index is 0.234. The molecule has 1 atom stereocenters. The van der Waals surface area contributed by atoms with Crippen molar-refractivity contribution in [1.82, 2.24) is 4.90 Å². The average Bonchev–Trinajstić information content (AvgIpc) is 3.23. The fraction of sp³-hybridized carbons (Fsp3) is 0.167. The van der Waals surface area contributed by atoms with Crippen LogP contribution in [0.1, 0.15) is 17.5 Å². The molecule has 0 saturated heterocycles. The number of hydrogen-bond acceptors (Lipinski definition) is 3. The van der Waals surface area contributed by atoms with Crippen LogP contribution in [0.5, 0.6) is 0 Å². The van der Waals surface area contributed by atoms with Crippen LogP contribution in [0.25, 0.3) is 0 Å². The Balaban J connectivity index is 1.47. The van der Waals surface area contributed by atoms with Gasteiger partial charge in [0.05, 0.1) is 12.3 Å². The van der Waals surface area contributed by atoms with Crippen LogP contribution in [-0.4, -0.2) is 29.3 Å². The number of nitrogens with zero attached hydrogens (tertiary/aromatic N) is 2. The second-order valence-corrected chi connectivity index (χ2v) is 7.26. The van der Waals surface area contributed by atoms with E-state index in [2.05, 4.69) is 10.5 Å². The first-order valence-corrected chi connectivity index (χ1v) is 9.91. The molecule has 4 rings (SSSR count). The Kier molecular flexibility index (Phi) is 6.21. The van der Waals surface area contributed by atoms with Crippen molar-refractivity contribution in [3.8, 4) is 0 Å². The zero-order chi connectivity index (χ0) is 21.6. The molecule has 3 aromatic carbocycles. The highest BCUT2D eigenvalue weighted by molar-refractivity contribution is 6.01. The van der Waals surface area contributed by atoms with Gasteiger partial charge in [0.1, 0.15) is 11.6 Å². The summed E-state index contributed by atoms with van der Waals surface area (Å²) in [6, 6.07) is 21.2. The van der Waals surface area contributed by atoms with Crippen LogP contribution in [0.4, 0.5) is 19.3 Å². The van der Waals surface area contributed by atoms with E-state index in [0.29, 0.717) is 29.9 Å². The van der Waals surface area contributed by atoms with Crippen LogP contribution in [-0.2, 0) is 11.4 Å². The number of amides is 2. The van der Waals surface area contributed by atoms with Crippen LogP contribution in [0.15, 0.2) is 84.0 Å². The van der Waals surface area contributed by atoms with Crippen molar-refractivity contribution in [2.24, 2.45) is 5.16 Å². The van der Waals surface area contributed by atoms with Crippen molar-refractivity contribution in [1.29, 1.82) is 0 Å². The van der Waals surface area contributed by atoms with E-state index < -0.39 is 18.0 Å². The van der Waals surface area contributed by atoms with E-state index in [0.717, 1.165) is 5.56 Å². The van der Waals surface area contributed by atoms with Gasteiger partial charge in [0.2, 0.25) is 0 Å². The van der Waals surface area contributed by atoms with Gasteiger partial charge in [-0.1, -0.05) is 59.8 Å². The van der Waals surface area contributed by atoms with Crippen LogP contribution in [0.3, 0.4) is 0 Å². The van der Waals surface area contributed by atoms with Gasteiger partial charge in [0.15, 0.2) is 6.10 Å². The molecule has 0 radical (unpaired) electrons. The van der Waals surface area contributed by atoms with Gasteiger partial charge in [0.25, 0.3) is 0 Å². The molecule has 7 heteroatoms. The van der Waals surface area contributed by atoms with E-state index in [1.54, 1.807) is 29.2 Å². The molecule has 0 aliphatic carbocycles. The minimum Gasteiger partial charge on any atom is -0.390 e. The maximum Gasteiger partial charge on any atom is 0.322 e. The molecular formula is C24H21F2N3O2. The number of oxime groups is 1. The normalized spacial score (nSPS) is 15.2. The zero-order valence-electron chi connectivity index (χ0n) is 16.7. The number of benzene rings is 3. The lowest BCUT2D eigenvalue weighted by molar-refractivity contribution is 0.0608. The summed E-state index contributed by atoms with van der Waals surface area (Å²) in [4.78, 5) is 20.0. The molecule has 5 nitrogen and oxygen atoms in total. The van der Waals surface area contributed by atoms with Gasteiger partial charge in [-0.25, -0.2) is 13.6 Å². The number of carbonyl (C=O) groups is 1.